The zero-order valence-electron chi connectivity index (χ0n) is 27.1. The fourth-order valence-electron chi connectivity index (χ4n) is 6.99. The van der Waals surface area contributed by atoms with E-state index in [2.05, 4.69) is 90.9 Å². The molecule has 0 amide bonds. The fraction of sp³-hybridized carbons (Fsp3) is 0.667. The van der Waals surface area contributed by atoms with Crippen LogP contribution in [0, 0.1) is 0 Å². The number of hydrogen-bond acceptors (Lipinski definition) is 8. The molecule has 5 saturated heterocycles. The lowest BCUT2D eigenvalue weighted by atomic mass is 10.1. The Hall–Kier alpha value is -1.88. The molecule has 5 aliphatic heterocycles. The quantitative estimate of drug-likeness (QED) is 0.521. The summed E-state index contributed by atoms with van der Waals surface area (Å²) >= 11 is 0. The van der Waals surface area contributed by atoms with E-state index in [9.17, 15) is 0 Å². The van der Waals surface area contributed by atoms with Crippen LogP contribution in [0.5, 0.6) is 0 Å². The van der Waals surface area contributed by atoms with E-state index in [1.807, 2.05) is 0 Å². The number of ether oxygens (including phenoxy) is 2. The fourth-order valence-corrected chi connectivity index (χ4v) is 6.99. The maximum absolute atomic E-state index is 5.45. The molecule has 2 aromatic rings. The van der Waals surface area contributed by atoms with Crippen molar-refractivity contribution >= 4 is 0 Å². The van der Waals surface area contributed by atoms with Crippen molar-refractivity contribution in [3.63, 3.8) is 0 Å². The molecule has 244 valence electrons. The molecule has 0 aromatic heterocycles. The number of hydrogen-bond donors (Lipinski definition) is 2. The number of rotatable bonds is 6. The lowest BCUT2D eigenvalue weighted by molar-refractivity contribution is 0.0126. The van der Waals surface area contributed by atoms with Crippen molar-refractivity contribution in [1.82, 2.24) is 30.2 Å². The molecular formula is C36H58N6O2. The van der Waals surface area contributed by atoms with Gasteiger partial charge >= 0.3 is 0 Å². The van der Waals surface area contributed by atoms with Crippen molar-refractivity contribution in [2.24, 2.45) is 0 Å². The minimum absolute atomic E-state index is 0.771. The van der Waals surface area contributed by atoms with Crippen LogP contribution >= 0.6 is 0 Å². The number of benzene rings is 2. The molecule has 0 aliphatic carbocycles. The molecule has 5 aliphatic rings. The molecule has 0 spiro atoms. The average molecular weight is 607 g/mol. The van der Waals surface area contributed by atoms with Crippen LogP contribution in [-0.4, -0.2) is 137 Å². The molecule has 7 rings (SSSR count). The number of nitrogens with one attached hydrogen (secondary N) is 2. The second-order valence-electron chi connectivity index (χ2n) is 12.8. The van der Waals surface area contributed by atoms with Gasteiger partial charge in [0, 0.05) is 130 Å². The molecule has 0 radical (unpaired) electrons. The Kier molecular flexibility index (Phi) is 14.9. The Labute approximate surface area is 267 Å². The highest BCUT2D eigenvalue weighted by atomic mass is 16.5. The third kappa shape index (κ3) is 11.8. The van der Waals surface area contributed by atoms with Gasteiger partial charge in [0.15, 0.2) is 0 Å². The van der Waals surface area contributed by atoms with Gasteiger partial charge in [-0.3, -0.25) is 19.6 Å². The van der Waals surface area contributed by atoms with Crippen LogP contribution in [0.4, 0.5) is 0 Å². The van der Waals surface area contributed by atoms with Crippen molar-refractivity contribution in [1.29, 1.82) is 0 Å². The molecule has 2 N–H and O–H groups in total. The zero-order valence-corrected chi connectivity index (χ0v) is 27.1. The SMILES string of the molecule is C1CN(C2CCOCC2)CCN1.c1ccc(CN2CCN(C3CCOCC3)CC2)cc1.c1ccc(CN2CCNCC2)cc1. The monoisotopic (exact) mass is 606 g/mol. The number of nitrogens with zero attached hydrogens (tertiary/aromatic N) is 4. The highest BCUT2D eigenvalue weighted by molar-refractivity contribution is 5.15. The van der Waals surface area contributed by atoms with Crippen LogP contribution in [0.3, 0.4) is 0 Å². The zero-order chi connectivity index (χ0) is 30.1. The first-order chi connectivity index (χ1) is 21.8. The van der Waals surface area contributed by atoms with E-state index >= 15 is 0 Å². The lowest BCUT2D eigenvalue weighted by Crippen LogP contribution is -2.51. The predicted molar refractivity (Wildman–Crippen MR) is 180 cm³/mol. The molecule has 8 heteroatoms. The van der Waals surface area contributed by atoms with E-state index in [1.165, 1.54) is 89.2 Å². The van der Waals surface area contributed by atoms with Gasteiger partial charge in [0.2, 0.25) is 0 Å². The van der Waals surface area contributed by atoms with Gasteiger partial charge in [-0.25, -0.2) is 0 Å². The van der Waals surface area contributed by atoms with Gasteiger partial charge < -0.3 is 20.1 Å². The molecule has 5 fully saturated rings. The second-order valence-corrected chi connectivity index (χ2v) is 12.8. The predicted octanol–water partition coefficient (Wildman–Crippen LogP) is 3.15. The third-order valence-electron chi connectivity index (χ3n) is 9.68. The maximum atomic E-state index is 5.45. The summed E-state index contributed by atoms with van der Waals surface area (Å²) in [5.74, 6) is 0. The maximum Gasteiger partial charge on any atom is 0.0480 e. The molecular weight excluding hydrogens is 548 g/mol. The summed E-state index contributed by atoms with van der Waals surface area (Å²) in [6, 6.07) is 23.1. The van der Waals surface area contributed by atoms with E-state index in [1.54, 1.807) is 0 Å². The minimum Gasteiger partial charge on any atom is -0.381 e. The van der Waals surface area contributed by atoms with E-state index in [4.69, 9.17) is 9.47 Å². The van der Waals surface area contributed by atoms with Crippen LogP contribution in [0.25, 0.3) is 0 Å². The van der Waals surface area contributed by atoms with Crippen molar-refractivity contribution in [2.45, 2.75) is 50.9 Å². The first kappa shape index (κ1) is 33.5. The molecule has 44 heavy (non-hydrogen) atoms. The van der Waals surface area contributed by atoms with Crippen LogP contribution in [-0.2, 0) is 22.6 Å². The van der Waals surface area contributed by atoms with Crippen LogP contribution in [0.15, 0.2) is 60.7 Å². The molecule has 0 bridgehead atoms. The summed E-state index contributed by atoms with van der Waals surface area (Å²) < 4.78 is 10.8. The molecule has 5 heterocycles. The largest absolute Gasteiger partial charge is 0.381 e. The van der Waals surface area contributed by atoms with Crippen LogP contribution < -0.4 is 10.6 Å². The van der Waals surface area contributed by atoms with Gasteiger partial charge in [-0.05, 0) is 36.8 Å². The standard InChI is InChI=1S/C16H24N2O.C11H16N2.C9H18N2O/c1-2-4-15(5-3-1)14-17-8-10-18(11-9-17)16-6-12-19-13-7-16;1-2-4-11(5-3-1)10-13-8-6-12-7-9-13;1-7-12-8-2-9(1)11-5-3-10-4-6-11/h1-5,16H,6-14H2;1-5,12H,6-10H2;9-10H,1-8H2. The summed E-state index contributed by atoms with van der Waals surface area (Å²) in [4.78, 5) is 10.3. The summed E-state index contributed by atoms with van der Waals surface area (Å²) in [5, 5.41) is 6.74. The average Bonchev–Trinajstić information content (AvgIpc) is 3.12. The summed E-state index contributed by atoms with van der Waals surface area (Å²) in [7, 11) is 0. The Balaban J connectivity index is 0.000000136. The van der Waals surface area contributed by atoms with Gasteiger partial charge in [0.05, 0.1) is 0 Å². The van der Waals surface area contributed by atoms with Gasteiger partial charge in [-0.1, -0.05) is 60.7 Å². The Morgan fingerprint density at radius 3 is 1.32 bits per heavy atom. The van der Waals surface area contributed by atoms with Crippen molar-refractivity contribution in [3.05, 3.63) is 71.8 Å². The van der Waals surface area contributed by atoms with Gasteiger partial charge in [-0.15, -0.1) is 0 Å². The van der Waals surface area contributed by atoms with Crippen LogP contribution in [0.2, 0.25) is 0 Å². The molecule has 0 saturated carbocycles. The third-order valence-corrected chi connectivity index (χ3v) is 9.68. The minimum atomic E-state index is 0.771. The first-order valence-corrected chi connectivity index (χ1v) is 17.4. The summed E-state index contributed by atoms with van der Waals surface area (Å²) in [5.41, 5.74) is 2.85. The van der Waals surface area contributed by atoms with Crippen molar-refractivity contribution in [2.75, 3.05) is 105 Å². The van der Waals surface area contributed by atoms with E-state index in [0.717, 1.165) is 77.8 Å². The highest BCUT2D eigenvalue weighted by Crippen LogP contribution is 2.18. The topological polar surface area (TPSA) is 55.5 Å². The molecule has 8 nitrogen and oxygen atoms in total. The Bertz CT molecular complexity index is 966. The van der Waals surface area contributed by atoms with Crippen LogP contribution in [0.1, 0.15) is 36.8 Å². The highest BCUT2D eigenvalue weighted by Gasteiger charge is 2.25. The Morgan fingerprint density at radius 1 is 0.477 bits per heavy atom. The van der Waals surface area contributed by atoms with E-state index in [0.29, 0.717) is 0 Å². The molecule has 2 aromatic carbocycles. The van der Waals surface area contributed by atoms with Gasteiger partial charge in [0.25, 0.3) is 0 Å². The summed E-state index contributed by atoms with van der Waals surface area (Å²) in [6.07, 6.45) is 4.91. The van der Waals surface area contributed by atoms with Gasteiger partial charge in [-0.2, -0.15) is 0 Å². The van der Waals surface area contributed by atoms with E-state index < -0.39 is 0 Å². The number of piperazine rings is 3. The van der Waals surface area contributed by atoms with Gasteiger partial charge in [0.1, 0.15) is 0 Å². The lowest BCUT2D eigenvalue weighted by Gasteiger charge is -2.40. The Morgan fingerprint density at radius 2 is 0.864 bits per heavy atom. The first-order valence-electron chi connectivity index (χ1n) is 17.4. The molecule has 0 atom stereocenters. The smallest absolute Gasteiger partial charge is 0.0480 e. The van der Waals surface area contributed by atoms with E-state index in [-0.39, 0.29) is 0 Å². The molecule has 0 unspecified atom stereocenters. The normalized spacial score (nSPS) is 23.6. The van der Waals surface area contributed by atoms with Crippen molar-refractivity contribution < 1.29 is 9.47 Å². The summed E-state index contributed by atoms with van der Waals surface area (Å²) in [6.45, 7) is 20.3. The second kappa shape index (κ2) is 19.6. The van der Waals surface area contributed by atoms with Crippen molar-refractivity contribution in [3.8, 4) is 0 Å².